The average Bonchev–Trinajstić information content (AvgIpc) is 3.31. The summed E-state index contributed by atoms with van der Waals surface area (Å²) >= 11 is 1.37. The number of hydrogen-bond acceptors (Lipinski definition) is 8. The molecule has 0 aliphatic carbocycles. The number of aromatic nitrogens is 4. The van der Waals surface area contributed by atoms with Crippen molar-refractivity contribution >= 4 is 44.4 Å². The van der Waals surface area contributed by atoms with E-state index in [-0.39, 0.29) is 5.97 Å². The Kier molecular flexibility index (Phi) is 6.66. The number of nitrogens with one attached hydrogen (secondary N) is 2. The van der Waals surface area contributed by atoms with Crippen LogP contribution in [0.5, 0.6) is 0 Å². The monoisotopic (exact) mass is 452 g/mol. The summed E-state index contributed by atoms with van der Waals surface area (Å²) in [6, 6.07) is 8.05. The van der Waals surface area contributed by atoms with Crippen molar-refractivity contribution in [3.05, 3.63) is 46.4 Å². The molecule has 3 heterocycles. The van der Waals surface area contributed by atoms with Gasteiger partial charge in [0, 0.05) is 13.0 Å². The number of imidazole rings is 1. The van der Waals surface area contributed by atoms with Gasteiger partial charge in [0.2, 0.25) is 0 Å². The van der Waals surface area contributed by atoms with E-state index in [2.05, 4.69) is 15.3 Å². The predicted molar refractivity (Wildman–Crippen MR) is 128 cm³/mol. The van der Waals surface area contributed by atoms with Crippen LogP contribution in [-0.2, 0) is 17.7 Å². The number of carbonyl (C=O) groups is 1. The molecule has 0 amide bonds. The van der Waals surface area contributed by atoms with Gasteiger partial charge in [-0.2, -0.15) is 0 Å². The van der Waals surface area contributed by atoms with Crippen LogP contribution >= 0.6 is 11.3 Å². The van der Waals surface area contributed by atoms with Gasteiger partial charge in [0.25, 0.3) is 0 Å². The molecule has 4 rings (SSSR count). The summed E-state index contributed by atoms with van der Waals surface area (Å²) in [5, 5.41) is 4.37. The largest absolute Gasteiger partial charge is 0.462 e. The van der Waals surface area contributed by atoms with Crippen LogP contribution in [0.15, 0.2) is 24.3 Å². The number of ether oxygens (including phenoxy) is 1. The fraction of sp³-hybridized carbons (Fsp3) is 0.391. The zero-order chi connectivity index (χ0) is 22.7. The van der Waals surface area contributed by atoms with Crippen molar-refractivity contribution in [2.24, 2.45) is 0 Å². The van der Waals surface area contributed by atoms with E-state index in [1.165, 1.54) is 11.3 Å². The number of aromatic amines is 1. The van der Waals surface area contributed by atoms with E-state index in [0.29, 0.717) is 18.0 Å². The van der Waals surface area contributed by atoms with E-state index in [1.54, 1.807) is 0 Å². The summed E-state index contributed by atoms with van der Waals surface area (Å²) in [7, 11) is 3.97. The van der Waals surface area contributed by atoms with Crippen LogP contribution in [0.3, 0.4) is 0 Å². The van der Waals surface area contributed by atoms with Crippen molar-refractivity contribution in [3.63, 3.8) is 0 Å². The molecule has 0 saturated carbocycles. The van der Waals surface area contributed by atoms with Crippen molar-refractivity contribution < 1.29 is 9.53 Å². The van der Waals surface area contributed by atoms with Crippen LogP contribution in [0.1, 0.15) is 40.2 Å². The number of hydrogen-bond donors (Lipinski definition) is 2. The Labute approximate surface area is 191 Å². The number of thiophene rings is 1. The summed E-state index contributed by atoms with van der Waals surface area (Å²) in [4.78, 5) is 33.3. The molecule has 0 aliphatic heterocycles. The van der Waals surface area contributed by atoms with Crippen LogP contribution in [0, 0.1) is 6.92 Å². The van der Waals surface area contributed by atoms with Crippen molar-refractivity contribution in [1.29, 1.82) is 0 Å². The zero-order valence-electron chi connectivity index (χ0n) is 18.9. The highest BCUT2D eigenvalue weighted by Gasteiger charge is 2.21. The van der Waals surface area contributed by atoms with Gasteiger partial charge in [0.1, 0.15) is 27.2 Å². The van der Waals surface area contributed by atoms with E-state index >= 15 is 0 Å². The lowest BCUT2D eigenvalue weighted by molar-refractivity contribution is 0.0531. The number of nitrogens with zero attached hydrogens (tertiary/aromatic N) is 4. The van der Waals surface area contributed by atoms with Crippen LogP contribution in [0.25, 0.3) is 21.3 Å². The highest BCUT2D eigenvalue weighted by atomic mass is 32.1. The summed E-state index contributed by atoms with van der Waals surface area (Å²) in [5.41, 5.74) is 2.91. The number of fused-ring (bicyclic) bond motifs is 2. The molecule has 0 bridgehead atoms. The molecule has 4 aromatic rings. The number of para-hydroxylation sites is 2. The second kappa shape index (κ2) is 9.62. The Balaban J connectivity index is 1.54. The molecule has 8 nitrogen and oxygen atoms in total. The van der Waals surface area contributed by atoms with Gasteiger partial charge in [-0.15, -0.1) is 11.3 Å². The van der Waals surface area contributed by atoms with Crippen LogP contribution in [-0.4, -0.2) is 58.1 Å². The Morgan fingerprint density at radius 2 is 2.03 bits per heavy atom. The van der Waals surface area contributed by atoms with Gasteiger partial charge in [-0.05, 0) is 52.1 Å². The average molecular weight is 453 g/mol. The van der Waals surface area contributed by atoms with Gasteiger partial charge in [-0.25, -0.2) is 19.7 Å². The normalized spacial score (nSPS) is 11.5. The van der Waals surface area contributed by atoms with Crippen LogP contribution in [0.2, 0.25) is 0 Å². The topological polar surface area (TPSA) is 96.0 Å². The summed E-state index contributed by atoms with van der Waals surface area (Å²) in [6.07, 6.45) is 1.72. The zero-order valence-corrected chi connectivity index (χ0v) is 19.7. The lowest BCUT2D eigenvalue weighted by Gasteiger charge is -2.12. The van der Waals surface area contributed by atoms with Gasteiger partial charge in [-0.3, -0.25) is 0 Å². The third-order valence-corrected chi connectivity index (χ3v) is 6.24. The third kappa shape index (κ3) is 4.73. The van der Waals surface area contributed by atoms with E-state index in [9.17, 15) is 4.79 Å². The minimum atomic E-state index is -0.307. The molecule has 0 aliphatic rings. The first-order valence-corrected chi connectivity index (χ1v) is 11.6. The molecule has 0 radical (unpaired) electrons. The molecule has 0 unspecified atom stereocenters. The molecular formula is C23H28N6O2S. The molecular weight excluding hydrogens is 424 g/mol. The van der Waals surface area contributed by atoms with Crippen LogP contribution in [0.4, 0.5) is 5.82 Å². The minimum Gasteiger partial charge on any atom is -0.462 e. The van der Waals surface area contributed by atoms with E-state index in [4.69, 9.17) is 14.7 Å². The lowest BCUT2D eigenvalue weighted by atomic mass is 10.2. The smallest absolute Gasteiger partial charge is 0.348 e. The fourth-order valence-corrected chi connectivity index (χ4v) is 4.74. The Bertz CT molecular complexity index is 1210. The van der Waals surface area contributed by atoms with Crippen molar-refractivity contribution in [3.8, 4) is 0 Å². The standard InChI is InChI=1S/C23H28N6O2S/c1-5-31-23(30)20-14(2)19-21(27-18(13-29(3)4)28-22(19)32-20)24-12-8-11-17-25-15-9-6-7-10-16(15)26-17/h6-7,9-10H,5,8,11-13H2,1-4H3,(H,25,26)(H,24,27,28). The van der Waals surface area contributed by atoms with E-state index in [1.807, 2.05) is 57.1 Å². The molecule has 0 saturated heterocycles. The fourth-order valence-electron chi connectivity index (χ4n) is 3.64. The lowest BCUT2D eigenvalue weighted by Crippen LogP contribution is -2.15. The number of anilines is 1. The number of benzene rings is 1. The van der Waals surface area contributed by atoms with Crippen molar-refractivity contribution in [1.82, 2.24) is 24.8 Å². The highest BCUT2D eigenvalue weighted by Crippen LogP contribution is 2.34. The first kappa shape index (κ1) is 22.2. The SMILES string of the molecule is CCOC(=O)c1sc2nc(CN(C)C)nc(NCCCc3nc4ccccc4[nH]3)c2c1C. The van der Waals surface area contributed by atoms with Gasteiger partial charge >= 0.3 is 5.97 Å². The molecule has 2 N–H and O–H groups in total. The second-order valence-corrected chi connectivity index (χ2v) is 8.91. The van der Waals surface area contributed by atoms with Gasteiger partial charge in [0.05, 0.1) is 29.6 Å². The maximum Gasteiger partial charge on any atom is 0.348 e. The number of carbonyl (C=O) groups excluding carboxylic acids is 1. The highest BCUT2D eigenvalue weighted by molar-refractivity contribution is 7.20. The first-order valence-electron chi connectivity index (χ1n) is 10.8. The molecule has 0 atom stereocenters. The summed E-state index contributed by atoms with van der Waals surface area (Å²) < 4.78 is 5.23. The predicted octanol–water partition coefficient (Wildman–Crippen LogP) is 4.16. The van der Waals surface area contributed by atoms with Crippen molar-refractivity contribution in [2.45, 2.75) is 33.2 Å². The maximum absolute atomic E-state index is 12.4. The third-order valence-electron chi connectivity index (χ3n) is 5.08. The van der Waals surface area contributed by atoms with E-state index in [0.717, 1.165) is 63.7 Å². The number of esters is 1. The molecule has 0 spiro atoms. The molecule has 1 aromatic carbocycles. The first-order chi connectivity index (χ1) is 15.5. The molecule has 9 heteroatoms. The number of H-pyrrole nitrogens is 1. The molecule has 32 heavy (non-hydrogen) atoms. The maximum atomic E-state index is 12.4. The number of rotatable bonds is 9. The molecule has 3 aromatic heterocycles. The Morgan fingerprint density at radius 1 is 1.22 bits per heavy atom. The van der Waals surface area contributed by atoms with Crippen LogP contribution < -0.4 is 5.32 Å². The molecule has 0 fully saturated rings. The quantitative estimate of drug-likeness (QED) is 0.291. The summed E-state index contributed by atoms with van der Waals surface area (Å²) in [6.45, 7) is 5.44. The van der Waals surface area contributed by atoms with Crippen molar-refractivity contribution in [2.75, 3.05) is 32.6 Å². The summed E-state index contributed by atoms with van der Waals surface area (Å²) in [5.74, 6) is 2.16. The second-order valence-electron chi connectivity index (χ2n) is 7.91. The molecule has 168 valence electrons. The van der Waals surface area contributed by atoms with E-state index < -0.39 is 0 Å². The Hall–Kier alpha value is -3.04. The van der Waals surface area contributed by atoms with Gasteiger partial charge in [0.15, 0.2) is 0 Å². The minimum absolute atomic E-state index is 0.307. The van der Waals surface area contributed by atoms with Gasteiger partial charge in [-0.1, -0.05) is 12.1 Å². The number of aryl methyl sites for hydroxylation is 2. The Morgan fingerprint density at radius 3 is 2.78 bits per heavy atom. The van der Waals surface area contributed by atoms with Gasteiger partial charge < -0.3 is 19.9 Å².